The van der Waals surface area contributed by atoms with Crippen molar-refractivity contribution >= 4 is 38.3 Å². The van der Waals surface area contributed by atoms with E-state index in [9.17, 15) is 13.2 Å². The van der Waals surface area contributed by atoms with Crippen LogP contribution in [-0.4, -0.2) is 43.6 Å². The van der Waals surface area contributed by atoms with Crippen LogP contribution in [0.1, 0.15) is 50.4 Å². The van der Waals surface area contributed by atoms with Crippen molar-refractivity contribution in [2.24, 2.45) is 5.41 Å². The van der Waals surface area contributed by atoms with E-state index in [0.717, 1.165) is 49.7 Å². The molecule has 0 aliphatic carbocycles. The molecule has 0 saturated carbocycles. The maximum atomic E-state index is 13.3. The third-order valence-corrected chi connectivity index (χ3v) is 9.53. The summed E-state index contributed by atoms with van der Waals surface area (Å²) in [5, 5.41) is 1.07. The Morgan fingerprint density at radius 1 is 1.14 bits per heavy atom. The number of ether oxygens (including phenoxy) is 1. The molecule has 6 rings (SSSR count). The minimum Gasteiger partial charge on any atom is -0.461 e. The Balaban J connectivity index is 1.55. The SMILES string of the molecule is CCOC(=O)C1=C[C@@]2(CC)CCCN3CCc4c(n1c1cc(NS(=O)(=O)c5ccccc5)ccc41)[C@H]32. The van der Waals surface area contributed by atoms with Gasteiger partial charge in [-0.1, -0.05) is 31.2 Å². The number of nitrogens with zero attached hydrogens (tertiary/aromatic N) is 2. The van der Waals surface area contributed by atoms with Crippen LogP contribution in [0.3, 0.4) is 0 Å². The average Bonchev–Trinajstić information content (AvgIpc) is 3.22. The standard InChI is InChI=1S/C28H31N3O4S/c1-3-28-14-8-15-30-16-13-22-21-12-11-19(29-36(33,34)20-9-6-5-7-10-20)17-23(21)31(25(22)26(28)30)24(18-28)27(32)35-4-2/h5-7,9-12,17-18,26,29H,3-4,8,13-16H2,1-2H3/t26-,28+/m0/s1. The van der Waals surface area contributed by atoms with E-state index in [-0.39, 0.29) is 22.3 Å². The first-order valence-electron chi connectivity index (χ1n) is 12.8. The highest BCUT2D eigenvalue weighted by Crippen LogP contribution is 2.57. The fourth-order valence-electron chi connectivity index (χ4n) is 6.56. The summed E-state index contributed by atoms with van der Waals surface area (Å²) in [6, 6.07) is 14.2. The number of hydrogen-bond donors (Lipinski definition) is 1. The molecule has 2 aromatic carbocycles. The molecule has 1 saturated heterocycles. The number of esters is 1. The molecule has 36 heavy (non-hydrogen) atoms. The van der Waals surface area contributed by atoms with E-state index in [1.807, 2.05) is 25.1 Å². The van der Waals surface area contributed by atoms with Gasteiger partial charge in [0.1, 0.15) is 5.70 Å². The zero-order valence-corrected chi connectivity index (χ0v) is 21.5. The van der Waals surface area contributed by atoms with Gasteiger partial charge in [0.2, 0.25) is 0 Å². The lowest BCUT2D eigenvalue weighted by atomic mass is 9.66. The molecule has 188 valence electrons. The Labute approximate surface area is 211 Å². The molecule has 0 amide bonds. The summed E-state index contributed by atoms with van der Waals surface area (Å²) in [5.74, 6) is -0.332. The van der Waals surface area contributed by atoms with E-state index in [1.165, 1.54) is 11.3 Å². The Hall–Kier alpha value is -3.10. The summed E-state index contributed by atoms with van der Waals surface area (Å²) in [4.78, 5) is 16.1. The smallest absolute Gasteiger partial charge is 0.354 e. The number of carbonyl (C=O) groups is 1. The molecule has 1 N–H and O–H groups in total. The van der Waals surface area contributed by atoms with Gasteiger partial charge in [-0.3, -0.25) is 9.62 Å². The first kappa shape index (κ1) is 23.3. The molecule has 1 fully saturated rings. The van der Waals surface area contributed by atoms with Gasteiger partial charge < -0.3 is 9.30 Å². The van der Waals surface area contributed by atoms with Gasteiger partial charge in [0, 0.05) is 23.0 Å². The fourth-order valence-corrected chi connectivity index (χ4v) is 7.63. The van der Waals surface area contributed by atoms with Crippen molar-refractivity contribution in [2.45, 2.75) is 50.5 Å². The van der Waals surface area contributed by atoms with Crippen molar-refractivity contribution < 1.29 is 17.9 Å². The highest BCUT2D eigenvalue weighted by molar-refractivity contribution is 7.92. The number of anilines is 1. The number of rotatable bonds is 6. The van der Waals surface area contributed by atoms with Crippen molar-refractivity contribution in [3.8, 4) is 0 Å². The first-order chi connectivity index (χ1) is 17.4. The van der Waals surface area contributed by atoms with Gasteiger partial charge in [-0.2, -0.15) is 0 Å². The van der Waals surface area contributed by atoms with Crippen molar-refractivity contribution in [2.75, 3.05) is 24.4 Å². The summed E-state index contributed by atoms with van der Waals surface area (Å²) in [6.07, 6.45) is 6.15. The van der Waals surface area contributed by atoms with E-state index in [2.05, 4.69) is 27.2 Å². The van der Waals surface area contributed by atoms with Crippen LogP contribution in [0.25, 0.3) is 16.6 Å². The molecule has 0 bridgehead atoms. The van der Waals surface area contributed by atoms with Crippen molar-refractivity contribution in [1.82, 2.24) is 9.47 Å². The normalized spacial score (nSPS) is 23.2. The molecule has 0 radical (unpaired) electrons. The van der Waals surface area contributed by atoms with Crippen molar-refractivity contribution in [1.29, 1.82) is 0 Å². The molecular formula is C28H31N3O4S. The molecule has 1 aromatic heterocycles. The number of benzene rings is 2. The van der Waals surface area contributed by atoms with Crippen LogP contribution < -0.4 is 4.72 Å². The second kappa shape index (κ2) is 8.49. The number of sulfonamides is 1. The topological polar surface area (TPSA) is 80.6 Å². The minimum absolute atomic E-state index is 0.113. The van der Waals surface area contributed by atoms with Gasteiger partial charge in [-0.05, 0) is 75.1 Å². The molecule has 4 heterocycles. The van der Waals surface area contributed by atoms with Gasteiger partial charge in [0.15, 0.2) is 0 Å². The van der Waals surface area contributed by atoms with Crippen LogP contribution in [-0.2, 0) is 26.0 Å². The van der Waals surface area contributed by atoms with Crippen LogP contribution >= 0.6 is 0 Å². The quantitative estimate of drug-likeness (QED) is 0.480. The molecule has 0 unspecified atom stereocenters. The number of aromatic nitrogens is 1. The first-order valence-corrected chi connectivity index (χ1v) is 14.3. The number of piperidine rings is 1. The molecule has 3 aromatic rings. The summed E-state index contributed by atoms with van der Waals surface area (Å²) >= 11 is 0. The maximum Gasteiger partial charge on any atom is 0.354 e. The predicted molar refractivity (Wildman–Crippen MR) is 140 cm³/mol. The van der Waals surface area contributed by atoms with Crippen LogP contribution in [0.4, 0.5) is 5.69 Å². The molecule has 8 heteroatoms. The van der Waals surface area contributed by atoms with E-state index in [1.54, 1.807) is 30.3 Å². The van der Waals surface area contributed by atoms with Crippen LogP contribution in [0.5, 0.6) is 0 Å². The third kappa shape index (κ3) is 3.42. The monoisotopic (exact) mass is 505 g/mol. The van der Waals surface area contributed by atoms with Gasteiger partial charge in [-0.25, -0.2) is 13.2 Å². The second-order valence-corrected chi connectivity index (χ2v) is 11.7. The number of fused-ring (bicyclic) bond motifs is 3. The summed E-state index contributed by atoms with van der Waals surface area (Å²) < 4.78 is 36.3. The zero-order chi connectivity index (χ0) is 25.1. The Morgan fingerprint density at radius 3 is 2.69 bits per heavy atom. The fraction of sp³-hybridized carbons (Fsp3) is 0.393. The van der Waals surface area contributed by atoms with Crippen LogP contribution in [0.2, 0.25) is 0 Å². The van der Waals surface area contributed by atoms with Gasteiger partial charge >= 0.3 is 5.97 Å². The molecule has 7 nitrogen and oxygen atoms in total. The molecule has 3 aliphatic rings. The van der Waals surface area contributed by atoms with E-state index in [0.29, 0.717) is 18.0 Å². The highest BCUT2D eigenvalue weighted by atomic mass is 32.2. The summed E-state index contributed by atoms with van der Waals surface area (Å²) in [6.45, 7) is 6.38. The van der Waals surface area contributed by atoms with Crippen LogP contribution in [0, 0.1) is 5.41 Å². The Morgan fingerprint density at radius 2 is 1.94 bits per heavy atom. The van der Waals surface area contributed by atoms with Crippen molar-refractivity contribution in [3.05, 3.63) is 65.9 Å². The summed E-state index contributed by atoms with van der Waals surface area (Å²) in [5.41, 5.74) is 4.17. The lowest BCUT2D eigenvalue weighted by Crippen LogP contribution is -2.51. The summed E-state index contributed by atoms with van der Waals surface area (Å²) in [7, 11) is -3.74. The van der Waals surface area contributed by atoms with Gasteiger partial charge in [0.05, 0.1) is 28.7 Å². The lowest BCUT2D eigenvalue weighted by molar-refractivity contribution is -0.136. The number of hydrogen-bond acceptors (Lipinski definition) is 5. The third-order valence-electron chi connectivity index (χ3n) is 8.13. The average molecular weight is 506 g/mol. The zero-order valence-electron chi connectivity index (χ0n) is 20.7. The Bertz CT molecular complexity index is 1490. The van der Waals surface area contributed by atoms with E-state index >= 15 is 0 Å². The lowest BCUT2D eigenvalue weighted by Gasteiger charge is -2.53. The largest absolute Gasteiger partial charge is 0.461 e. The highest BCUT2D eigenvalue weighted by Gasteiger charge is 2.51. The number of carbonyl (C=O) groups excluding carboxylic acids is 1. The molecular weight excluding hydrogens is 474 g/mol. The molecule has 0 spiro atoms. The van der Waals surface area contributed by atoms with Crippen LogP contribution in [0.15, 0.2) is 59.5 Å². The second-order valence-electron chi connectivity index (χ2n) is 9.98. The maximum absolute atomic E-state index is 13.3. The predicted octanol–water partition coefficient (Wildman–Crippen LogP) is 4.95. The number of nitrogens with one attached hydrogen (secondary N) is 1. The Kier molecular flexibility index (Phi) is 5.50. The van der Waals surface area contributed by atoms with Gasteiger partial charge in [-0.15, -0.1) is 0 Å². The van der Waals surface area contributed by atoms with Crippen molar-refractivity contribution in [3.63, 3.8) is 0 Å². The van der Waals surface area contributed by atoms with E-state index < -0.39 is 10.0 Å². The van der Waals surface area contributed by atoms with E-state index in [4.69, 9.17) is 4.74 Å². The van der Waals surface area contributed by atoms with Gasteiger partial charge in [0.25, 0.3) is 10.0 Å². The minimum atomic E-state index is -3.74. The molecule has 2 atom stereocenters. The molecule has 3 aliphatic heterocycles.